The van der Waals surface area contributed by atoms with Crippen LogP contribution in [0.15, 0.2) is 24.3 Å². The van der Waals surface area contributed by atoms with Crippen molar-refractivity contribution in [3.63, 3.8) is 0 Å². The summed E-state index contributed by atoms with van der Waals surface area (Å²) in [6, 6.07) is 8.30. The normalized spacial score (nSPS) is 23.3. The molecule has 1 aliphatic rings. The highest BCUT2D eigenvalue weighted by molar-refractivity contribution is 5.49. The lowest BCUT2D eigenvalue weighted by Crippen LogP contribution is -2.22. The second-order valence-electron chi connectivity index (χ2n) is 5.73. The van der Waals surface area contributed by atoms with Gasteiger partial charge in [0.05, 0.1) is 12.2 Å². The van der Waals surface area contributed by atoms with Crippen molar-refractivity contribution >= 4 is 5.69 Å². The highest BCUT2D eigenvalue weighted by Crippen LogP contribution is 2.21. The molecular weight excluding hydrogens is 240 g/mol. The number of aliphatic hydroxyl groups excluding tert-OH is 2. The van der Waals surface area contributed by atoms with Crippen molar-refractivity contribution in [2.45, 2.75) is 32.6 Å². The standard InChI is InChI=1S/C15H24N2O2/c1-11(2)7-16-8-12-3-5-13(6-4-12)17-9-14(18)15(19)10-17/h3-6,11,14-16,18-19H,7-10H2,1-2H3. The molecule has 1 aliphatic heterocycles. The van der Waals surface area contributed by atoms with Gasteiger partial charge in [0.1, 0.15) is 0 Å². The molecule has 1 saturated heterocycles. The van der Waals surface area contributed by atoms with E-state index >= 15 is 0 Å². The van der Waals surface area contributed by atoms with Gasteiger partial charge in [-0.05, 0) is 30.2 Å². The van der Waals surface area contributed by atoms with Gasteiger partial charge in [-0.15, -0.1) is 0 Å². The Kier molecular flexibility index (Phi) is 4.80. The molecule has 0 aromatic heterocycles. The fraction of sp³-hybridized carbons (Fsp3) is 0.600. The van der Waals surface area contributed by atoms with E-state index in [1.54, 1.807) is 0 Å². The van der Waals surface area contributed by atoms with Gasteiger partial charge in [0.25, 0.3) is 0 Å². The van der Waals surface area contributed by atoms with E-state index in [1.807, 2.05) is 4.90 Å². The molecule has 0 saturated carbocycles. The Bertz CT molecular complexity index is 382. The molecule has 0 spiro atoms. The minimum Gasteiger partial charge on any atom is -0.389 e. The maximum absolute atomic E-state index is 9.55. The summed E-state index contributed by atoms with van der Waals surface area (Å²) in [4.78, 5) is 2.01. The van der Waals surface area contributed by atoms with Gasteiger partial charge >= 0.3 is 0 Å². The Morgan fingerprint density at radius 2 is 1.74 bits per heavy atom. The van der Waals surface area contributed by atoms with Crippen LogP contribution in [-0.4, -0.2) is 42.1 Å². The monoisotopic (exact) mass is 264 g/mol. The van der Waals surface area contributed by atoms with E-state index in [9.17, 15) is 10.2 Å². The van der Waals surface area contributed by atoms with Crippen molar-refractivity contribution in [1.82, 2.24) is 5.32 Å². The summed E-state index contributed by atoms with van der Waals surface area (Å²) < 4.78 is 0. The Labute approximate surface area is 115 Å². The van der Waals surface area contributed by atoms with Crippen LogP contribution in [0.3, 0.4) is 0 Å². The van der Waals surface area contributed by atoms with Gasteiger partial charge in [-0.2, -0.15) is 0 Å². The Balaban J connectivity index is 1.88. The first-order valence-electron chi connectivity index (χ1n) is 6.97. The quantitative estimate of drug-likeness (QED) is 0.742. The van der Waals surface area contributed by atoms with Gasteiger partial charge in [-0.1, -0.05) is 26.0 Å². The maximum atomic E-state index is 9.55. The summed E-state index contributed by atoms with van der Waals surface area (Å²) in [5.74, 6) is 0.659. The predicted octanol–water partition coefficient (Wildman–Crippen LogP) is 0.974. The number of rotatable bonds is 5. The molecule has 0 radical (unpaired) electrons. The summed E-state index contributed by atoms with van der Waals surface area (Å²) >= 11 is 0. The van der Waals surface area contributed by atoms with Crippen molar-refractivity contribution in [2.24, 2.45) is 5.92 Å². The van der Waals surface area contributed by atoms with E-state index in [-0.39, 0.29) is 0 Å². The molecule has 0 amide bonds. The molecule has 1 heterocycles. The third-order valence-corrected chi connectivity index (χ3v) is 3.44. The van der Waals surface area contributed by atoms with E-state index < -0.39 is 12.2 Å². The highest BCUT2D eigenvalue weighted by atomic mass is 16.3. The molecule has 1 aromatic rings. The zero-order valence-corrected chi connectivity index (χ0v) is 11.7. The lowest BCUT2D eigenvalue weighted by molar-refractivity contribution is 0.0572. The SMILES string of the molecule is CC(C)CNCc1ccc(N2CC(O)C(O)C2)cc1. The maximum Gasteiger partial charge on any atom is 0.0990 e. The fourth-order valence-corrected chi connectivity index (χ4v) is 2.31. The Hall–Kier alpha value is -1.10. The first kappa shape index (κ1) is 14.3. The third kappa shape index (κ3) is 3.93. The topological polar surface area (TPSA) is 55.7 Å². The summed E-state index contributed by atoms with van der Waals surface area (Å²) in [6.45, 7) is 7.30. The van der Waals surface area contributed by atoms with Crippen LogP contribution >= 0.6 is 0 Å². The first-order chi connectivity index (χ1) is 9.06. The number of anilines is 1. The van der Waals surface area contributed by atoms with Gasteiger partial charge in [-0.25, -0.2) is 0 Å². The van der Waals surface area contributed by atoms with Crippen LogP contribution in [0.4, 0.5) is 5.69 Å². The van der Waals surface area contributed by atoms with Crippen LogP contribution in [-0.2, 0) is 6.54 Å². The molecule has 3 N–H and O–H groups in total. The van der Waals surface area contributed by atoms with E-state index in [2.05, 4.69) is 43.4 Å². The van der Waals surface area contributed by atoms with Crippen LogP contribution in [0.1, 0.15) is 19.4 Å². The molecule has 1 fully saturated rings. The van der Waals surface area contributed by atoms with Crippen molar-refractivity contribution in [3.8, 4) is 0 Å². The number of nitrogens with one attached hydrogen (secondary N) is 1. The minimum absolute atomic E-state index is 0.506. The molecule has 19 heavy (non-hydrogen) atoms. The molecule has 2 atom stereocenters. The predicted molar refractivity (Wildman–Crippen MR) is 77.2 cm³/mol. The first-order valence-corrected chi connectivity index (χ1v) is 6.97. The summed E-state index contributed by atoms with van der Waals surface area (Å²) in [6.07, 6.45) is -1.26. The second kappa shape index (κ2) is 6.37. The average Bonchev–Trinajstić information content (AvgIpc) is 2.70. The van der Waals surface area contributed by atoms with Crippen molar-refractivity contribution in [1.29, 1.82) is 0 Å². The van der Waals surface area contributed by atoms with Crippen LogP contribution in [0.25, 0.3) is 0 Å². The average molecular weight is 264 g/mol. The summed E-state index contributed by atoms with van der Waals surface area (Å²) in [5.41, 5.74) is 2.31. The van der Waals surface area contributed by atoms with Crippen molar-refractivity contribution < 1.29 is 10.2 Å². The second-order valence-corrected chi connectivity index (χ2v) is 5.73. The van der Waals surface area contributed by atoms with Gasteiger partial charge in [-0.3, -0.25) is 0 Å². The molecular formula is C15H24N2O2. The molecule has 106 valence electrons. The molecule has 4 nitrogen and oxygen atoms in total. The third-order valence-electron chi connectivity index (χ3n) is 3.44. The van der Waals surface area contributed by atoms with Gasteiger partial charge in [0, 0.05) is 25.3 Å². The van der Waals surface area contributed by atoms with Crippen molar-refractivity contribution in [3.05, 3.63) is 29.8 Å². The van der Waals surface area contributed by atoms with Gasteiger partial charge in [0.2, 0.25) is 0 Å². The lowest BCUT2D eigenvalue weighted by Gasteiger charge is -2.18. The molecule has 1 aromatic carbocycles. The Morgan fingerprint density at radius 3 is 2.26 bits per heavy atom. The van der Waals surface area contributed by atoms with E-state index in [4.69, 9.17) is 0 Å². The summed E-state index contributed by atoms with van der Waals surface area (Å²) in [7, 11) is 0. The minimum atomic E-state index is -0.632. The highest BCUT2D eigenvalue weighted by Gasteiger charge is 2.29. The number of β-amino-alcohol motifs (C(OH)–C–C–N with tert-alkyl or cyclic N) is 2. The fourth-order valence-electron chi connectivity index (χ4n) is 2.31. The molecule has 0 bridgehead atoms. The number of aliphatic hydroxyl groups is 2. The zero-order chi connectivity index (χ0) is 13.8. The molecule has 2 rings (SSSR count). The smallest absolute Gasteiger partial charge is 0.0990 e. The van der Waals surface area contributed by atoms with E-state index in [1.165, 1.54) is 5.56 Å². The van der Waals surface area contributed by atoms with Crippen LogP contribution in [0.2, 0.25) is 0 Å². The molecule has 4 heteroatoms. The zero-order valence-electron chi connectivity index (χ0n) is 11.7. The van der Waals surface area contributed by atoms with E-state index in [0.717, 1.165) is 18.8 Å². The molecule has 0 aliphatic carbocycles. The molecule has 2 unspecified atom stereocenters. The number of hydrogen-bond donors (Lipinski definition) is 3. The van der Waals surface area contributed by atoms with Gasteiger partial charge < -0.3 is 20.4 Å². The van der Waals surface area contributed by atoms with Crippen LogP contribution in [0, 0.1) is 5.92 Å². The lowest BCUT2D eigenvalue weighted by atomic mass is 10.2. The number of benzene rings is 1. The summed E-state index contributed by atoms with van der Waals surface area (Å²) in [5, 5.41) is 22.5. The van der Waals surface area contributed by atoms with Crippen LogP contribution in [0.5, 0.6) is 0 Å². The van der Waals surface area contributed by atoms with Crippen LogP contribution < -0.4 is 10.2 Å². The number of nitrogens with zero attached hydrogens (tertiary/aromatic N) is 1. The Morgan fingerprint density at radius 1 is 1.16 bits per heavy atom. The van der Waals surface area contributed by atoms with E-state index in [0.29, 0.717) is 19.0 Å². The number of hydrogen-bond acceptors (Lipinski definition) is 4. The van der Waals surface area contributed by atoms with Crippen molar-refractivity contribution in [2.75, 3.05) is 24.5 Å². The largest absolute Gasteiger partial charge is 0.389 e. The van der Waals surface area contributed by atoms with Gasteiger partial charge in [0.15, 0.2) is 0 Å².